The van der Waals surface area contributed by atoms with Crippen LogP contribution >= 0.6 is 0 Å². The number of benzene rings is 1. The number of hydrogen-bond acceptors (Lipinski definition) is 2. The number of phenols is 1. The molecule has 0 heterocycles. The van der Waals surface area contributed by atoms with Crippen molar-refractivity contribution in [3.63, 3.8) is 0 Å². The van der Waals surface area contributed by atoms with Crippen LogP contribution in [-0.2, 0) is 22.0 Å². The number of carbonyl (C=O) groups excluding carboxylic acids is 1. The molecule has 0 fully saturated rings. The summed E-state index contributed by atoms with van der Waals surface area (Å²) in [5, 5.41) is 10.7. The lowest BCUT2D eigenvalue weighted by molar-refractivity contribution is -0.107. The first kappa shape index (κ1) is 18.7. The van der Waals surface area contributed by atoms with Gasteiger partial charge < -0.3 is 9.90 Å². The fourth-order valence-corrected chi connectivity index (χ4v) is 2.72. The fraction of sp³-hybridized carbons (Fsp3) is 0.650. The van der Waals surface area contributed by atoms with E-state index in [9.17, 15) is 9.90 Å². The molecule has 1 aromatic carbocycles. The Hall–Kier alpha value is -1.31. The molecule has 22 heavy (non-hydrogen) atoms. The molecule has 2 nitrogen and oxygen atoms in total. The summed E-state index contributed by atoms with van der Waals surface area (Å²) in [4.78, 5) is 10.4. The number of carbonyl (C=O) groups is 1. The predicted octanol–water partition coefficient (Wildman–Crippen LogP) is 5.29. The number of unbranched alkanes of at least 4 members (excludes halogenated alkanes) is 3. The van der Waals surface area contributed by atoms with Crippen LogP contribution in [0.2, 0.25) is 0 Å². The monoisotopic (exact) mass is 304 g/mol. The van der Waals surface area contributed by atoms with Crippen LogP contribution in [0.5, 0.6) is 5.75 Å². The maximum atomic E-state index is 10.7. The first-order valence-electron chi connectivity index (χ1n) is 8.38. The summed E-state index contributed by atoms with van der Waals surface area (Å²) in [5.74, 6) is 0.449. The third kappa shape index (κ3) is 5.15. The van der Waals surface area contributed by atoms with Gasteiger partial charge in [0.05, 0.1) is 0 Å². The zero-order valence-corrected chi connectivity index (χ0v) is 15.1. The van der Waals surface area contributed by atoms with Crippen molar-refractivity contribution < 1.29 is 9.90 Å². The minimum Gasteiger partial charge on any atom is -0.507 e. The van der Waals surface area contributed by atoms with Gasteiger partial charge in [0.15, 0.2) is 0 Å². The Morgan fingerprint density at radius 3 is 1.82 bits per heavy atom. The Morgan fingerprint density at radius 2 is 1.41 bits per heavy atom. The van der Waals surface area contributed by atoms with Gasteiger partial charge >= 0.3 is 0 Å². The molecule has 0 atom stereocenters. The summed E-state index contributed by atoms with van der Waals surface area (Å²) in [6, 6.07) is 4.31. The zero-order chi connectivity index (χ0) is 17.0. The molecule has 0 unspecified atom stereocenters. The molecule has 0 radical (unpaired) electrons. The van der Waals surface area contributed by atoms with Crippen LogP contribution in [-0.4, -0.2) is 11.4 Å². The second-order valence-corrected chi connectivity index (χ2v) is 8.31. The lowest BCUT2D eigenvalue weighted by Crippen LogP contribution is -2.18. The largest absolute Gasteiger partial charge is 0.507 e. The van der Waals surface area contributed by atoms with E-state index >= 15 is 0 Å². The summed E-state index contributed by atoms with van der Waals surface area (Å²) in [7, 11) is 0. The van der Waals surface area contributed by atoms with Gasteiger partial charge in [0, 0.05) is 6.42 Å². The Kier molecular flexibility index (Phi) is 6.22. The van der Waals surface area contributed by atoms with Gasteiger partial charge in [-0.15, -0.1) is 0 Å². The van der Waals surface area contributed by atoms with Crippen molar-refractivity contribution in [3.8, 4) is 5.75 Å². The first-order chi connectivity index (χ1) is 10.1. The number of aromatic hydroxyl groups is 1. The average molecular weight is 304 g/mol. The van der Waals surface area contributed by atoms with E-state index in [0.29, 0.717) is 12.2 Å². The Morgan fingerprint density at radius 1 is 0.909 bits per heavy atom. The average Bonchev–Trinajstić information content (AvgIpc) is 2.37. The third-order valence-electron chi connectivity index (χ3n) is 4.07. The van der Waals surface area contributed by atoms with E-state index in [1.165, 1.54) is 5.56 Å². The van der Waals surface area contributed by atoms with E-state index < -0.39 is 0 Å². The van der Waals surface area contributed by atoms with Gasteiger partial charge in [0.2, 0.25) is 0 Å². The molecular weight excluding hydrogens is 272 g/mol. The van der Waals surface area contributed by atoms with E-state index in [-0.39, 0.29) is 10.8 Å². The lowest BCUT2D eigenvalue weighted by Gasteiger charge is -2.28. The van der Waals surface area contributed by atoms with Gasteiger partial charge in [0.25, 0.3) is 0 Å². The zero-order valence-electron chi connectivity index (χ0n) is 15.1. The van der Waals surface area contributed by atoms with Crippen LogP contribution in [0.25, 0.3) is 0 Å². The topological polar surface area (TPSA) is 37.3 Å². The summed E-state index contributed by atoms with van der Waals surface area (Å²) in [6.45, 7) is 12.8. The number of rotatable bonds is 6. The van der Waals surface area contributed by atoms with Gasteiger partial charge in [0.1, 0.15) is 12.0 Å². The van der Waals surface area contributed by atoms with Crippen molar-refractivity contribution in [2.45, 2.75) is 84.5 Å². The molecule has 0 spiro atoms. The highest BCUT2D eigenvalue weighted by Crippen LogP contribution is 2.40. The van der Waals surface area contributed by atoms with Crippen molar-refractivity contribution >= 4 is 6.29 Å². The van der Waals surface area contributed by atoms with Crippen molar-refractivity contribution in [2.24, 2.45) is 0 Å². The van der Waals surface area contributed by atoms with Gasteiger partial charge in [-0.2, -0.15) is 0 Å². The first-order valence-corrected chi connectivity index (χ1v) is 8.38. The van der Waals surface area contributed by atoms with Crippen molar-refractivity contribution in [3.05, 3.63) is 28.8 Å². The van der Waals surface area contributed by atoms with E-state index in [1.807, 2.05) is 0 Å². The van der Waals surface area contributed by atoms with E-state index in [2.05, 4.69) is 53.7 Å². The van der Waals surface area contributed by atoms with Crippen LogP contribution in [0.1, 0.15) is 83.9 Å². The Balaban J connectivity index is 3.05. The quantitative estimate of drug-likeness (QED) is 0.573. The summed E-state index contributed by atoms with van der Waals surface area (Å²) in [5.41, 5.74) is 3.21. The normalized spacial score (nSPS) is 12.5. The molecule has 1 N–H and O–H groups in total. The maximum Gasteiger partial charge on any atom is 0.123 e. The number of phenolic OH excluding ortho intramolecular Hbond substituents is 1. The van der Waals surface area contributed by atoms with Crippen LogP contribution < -0.4 is 0 Å². The molecule has 0 aliphatic heterocycles. The molecule has 0 aromatic heterocycles. The minimum absolute atomic E-state index is 0.0718. The maximum absolute atomic E-state index is 10.7. The van der Waals surface area contributed by atoms with Gasteiger partial charge in [-0.05, 0) is 46.8 Å². The molecule has 0 aliphatic rings. The highest BCUT2D eigenvalue weighted by atomic mass is 16.3. The van der Waals surface area contributed by atoms with Crippen LogP contribution in [0.3, 0.4) is 0 Å². The smallest absolute Gasteiger partial charge is 0.123 e. The predicted molar refractivity (Wildman–Crippen MR) is 93.7 cm³/mol. The lowest BCUT2D eigenvalue weighted by atomic mass is 9.78. The molecule has 0 aliphatic carbocycles. The van der Waals surface area contributed by atoms with E-state index in [4.69, 9.17) is 0 Å². The Bertz CT molecular complexity index is 466. The second kappa shape index (κ2) is 7.30. The molecule has 0 bridgehead atoms. The van der Waals surface area contributed by atoms with Crippen LogP contribution in [0.4, 0.5) is 0 Å². The van der Waals surface area contributed by atoms with Gasteiger partial charge in [-0.25, -0.2) is 0 Å². The SMILES string of the molecule is CC(C)(C)c1cc(CCCCCC=O)cc(C(C)(C)C)c1O. The highest BCUT2D eigenvalue weighted by molar-refractivity contribution is 5.50. The number of aryl methyl sites for hydroxylation is 1. The minimum atomic E-state index is -0.0718. The Labute approximate surface area is 135 Å². The van der Waals surface area contributed by atoms with Crippen molar-refractivity contribution in [1.29, 1.82) is 0 Å². The molecule has 0 saturated heterocycles. The van der Waals surface area contributed by atoms with Gasteiger partial charge in [-0.3, -0.25) is 0 Å². The standard InChI is InChI=1S/C20H32O2/c1-19(2,3)16-13-15(11-9-7-8-10-12-21)14-17(18(16)22)20(4,5)6/h12-14,22H,7-11H2,1-6H3. The fourth-order valence-electron chi connectivity index (χ4n) is 2.72. The molecule has 124 valence electrons. The second-order valence-electron chi connectivity index (χ2n) is 8.31. The van der Waals surface area contributed by atoms with Crippen LogP contribution in [0, 0.1) is 0 Å². The number of hydrogen-bond donors (Lipinski definition) is 1. The third-order valence-corrected chi connectivity index (χ3v) is 4.07. The summed E-state index contributed by atoms with van der Waals surface area (Å²) < 4.78 is 0. The summed E-state index contributed by atoms with van der Waals surface area (Å²) in [6.07, 6.45) is 5.80. The molecular formula is C20H32O2. The number of aldehydes is 1. The van der Waals surface area contributed by atoms with E-state index in [0.717, 1.165) is 43.1 Å². The van der Waals surface area contributed by atoms with Crippen LogP contribution in [0.15, 0.2) is 12.1 Å². The molecule has 1 aromatic rings. The van der Waals surface area contributed by atoms with Crippen molar-refractivity contribution in [2.75, 3.05) is 0 Å². The highest BCUT2D eigenvalue weighted by Gasteiger charge is 2.26. The van der Waals surface area contributed by atoms with Gasteiger partial charge in [-0.1, -0.05) is 60.1 Å². The molecule has 2 heteroatoms. The van der Waals surface area contributed by atoms with Crippen molar-refractivity contribution in [1.82, 2.24) is 0 Å². The molecule has 0 saturated carbocycles. The van der Waals surface area contributed by atoms with E-state index in [1.54, 1.807) is 0 Å². The summed E-state index contributed by atoms with van der Waals surface area (Å²) >= 11 is 0. The molecule has 1 rings (SSSR count). The molecule has 0 amide bonds.